The minimum Gasteiger partial charge on any atom is -0.325 e. The Labute approximate surface area is 106 Å². The summed E-state index contributed by atoms with van der Waals surface area (Å²) >= 11 is 5.97. The number of halogens is 1. The molecular weight excluding hydrogens is 238 g/mol. The zero-order valence-electron chi connectivity index (χ0n) is 10.2. The molecule has 0 aliphatic heterocycles. The number of hydrazone groups is 1. The summed E-state index contributed by atoms with van der Waals surface area (Å²) in [6.07, 6.45) is 0.257. The van der Waals surface area contributed by atoms with E-state index in [2.05, 4.69) is 15.8 Å². The molecule has 0 saturated heterocycles. The lowest BCUT2D eigenvalue weighted by atomic mass is 10.2. The van der Waals surface area contributed by atoms with Crippen molar-refractivity contribution in [3.05, 3.63) is 28.8 Å². The first-order valence-corrected chi connectivity index (χ1v) is 5.67. The average Bonchev–Trinajstić information content (AvgIpc) is 2.25. The van der Waals surface area contributed by atoms with Gasteiger partial charge in [-0.25, -0.2) is 0 Å². The number of hydrogen-bond donors (Lipinski definition) is 2. The summed E-state index contributed by atoms with van der Waals surface area (Å²) in [5.41, 5.74) is 4.97. The fraction of sp³-hybridized carbons (Fsp3) is 0.333. The van der Waals surface area contributed by atoms with Crippen molar-refractivity contribution < 1.29 is 4.79 Å². The van der Waals surface area contributed by atoms with E-state index in [9.17, 15) is 4.79 Å². The minimum atomic E-state index is -0.105. The number of hydrogen-bond acceptors (Lipinski definition) is 3. The predicted molar refractivity (Wildman–Crippen MR) is 71.6 cm³/mol. The third-order valence-corrected chi connectivity index (χ3v) is 2.67. The van der Waals surface area contributed by atoms with Crippen molar-refractivity contribution in [2.24, 2.45) is 5.10 Å². The standard InChI is InChI=1S/C12H16ClN3O/c1-8(16-14-3)7-12(17)15-11-6-4-5-10(13)9(11)2/h4-6,14H,7H2,1-3H3,(H,15,17)/b16-8+. The zero-order valence-corrected chi connectivity index (χ0v) is 10.9. The van der Waals surface area contributed by atoms with E-state index in [-0.39, 0.29) is 12.3 Å². The van der Waals surface area contributed by atoms with Gasteiger partial charge in [-0.3, -0.25) is 4.79 Å². The first kappa shape index (κ1) is 13.5. The van der Waals surface area contributed by atoms with E-state index in [1.54, 1.807) is 26.1 Å². The Bertz CT molecular complexity index is 443. The van der Waals surface area contributed by atoms with Crippen molar-refractivity contribution >= 4 is 28.9 Å². The SMILES string of the molecule is CN/N=C(\C)CC(=O)Nc1cccc(Cl)c1C. The molecule has 1 aromatic carbocycles. The van der Waals surface area contributed by atoms with E-state index in [1.165, 1.54) is 0 Å². The highest BCUT2D eigenvalue weighted by Crippen LogP contribution is 2.22. The van der Waals surface area contributed by atoms with Crippen LogP contribution in [0.3, 0.4) is 0 Å². The number of anilines is 1. The maximum absolute atomic E-state index is 11.7. The fourth-order valence-corrected chi connectivity index (χ4v) is 1.57. The predicted octanol–water partition coefficient (Wildman–Crippen LogP) is 2.57. The number of nitrogens with one attached hydrogen (secondary N) is 2. The summed E-state index contributed by atoms with van der Waals surface area (Å²) in [4.78, 5) is 11.7. The molecule has 1 rings (SSSR count). The highest BCUT2D eigenvalue weighted by molar-refractivity contribution is 6.31. The van der Waals surface area contributed by atoms with E-state index >= 15 is 0 Å². The van der Waals surface area contributed by atoms with Crippen molar-refractivity contribution in [3.8, 4) is 0 Å². The van der Waals surface area contributed by atoms with Crippen LogP contribution in [0.5, 0.6) is 0 Å². The lowest BCUT2D eigenvalue weighted by Crippen LogP contribution is -2.17. The van der Waals surface area contributed by atoms with E-state index < -0.39 is 0 Å². The van der Waals surface area contributed by atoms with Gasteiger partial charge in [-0.05, 0) is 31.5 Å². The molecule has 0 saturated carbocycles. The lowest BCUT2D eigenvalue weighted by Gasteiger charge is -2.09. The van der Waals surface area contributed by atoms with Crippen LogP contribution in [0, 0.1) is 6.92 Å². The molecule has 2 N–H and O–H groups in total. The van der Waals surface area contributed by atoms with Crippen LogP contribution in [0.25, 0.3) is 0 Å². The van der Waals surface area contributed by atoms with E-state index in [1.807, 2.05) is 13.0 Å². The molecule has 0 radical (unpaired) electrons. The minimum absolute atomic E-state index is 0.105. The van der Waals surface area contributed by atoms with Crippen molar-refractivity contribution in [2.75, 3.05) is 12.4 Å². The van der Waals surface area contributed by atoms with E-state index in [0.717, 1.165) is 17.0 Å². The second-order valence-corrected chi connectivity index (χ2v) is 4.12. The van der Waals surface area contributed by atoms with Crippen LogP contribution in [-0.2, 0) is 4.79 Å². The monoisotopic (exact) mass is 253 g/mol. The Morgan fingerprint density at radius 2 is 2.18 bits per heavy atom. The second kappa shape index (κ2) is 6.25. The van der Waals surface area contributed by atoms with Gasteiger partial charge in [0.1, 0.15) is 0 Å². The van der Waals surface area contributed by atoms with Gasteiger partial charge in [-0.2, -0.15) is 5.10 Å². The molecule has 17 heavy (non-hydrogen) atoms. The normalized spacial score (nSPS) is 11.2. The molecule has 0 fully saturated rings. The Kier molecular flexibility index (Phi) is 4.97. The van der Waals surface area contributed by atoms with Crippen molar-refractivity contribution in [1.82, 2.24) is 5.43 Å². The Morgan fingerprint density at radius 3 is 2.82 bits per heavy atom. The molecule has 0 bridgehead atoms. The summed E-state index contributed by atoms with van der Waals surface area (Å²) in [6.45, 7) is 3.66. The quantitative estimate of drug-likeness (QED) is 0.640. The summed E-state index contributed by atoms with van der Waals surface area (Å²) < 4.78 is 0. The summed E-state index contributed by atoms with van der Waals surface area (Å²) in [7, 11) is 1.70. The van der Waals surface area contributed by atoms with E-state index in [0.29, 0.717) is 5.02 Å². The van der Waals surface area contributed by atoms with Crippen molar-refractivity contribution in [2.45, 2.75) is 20.3 Å². The van der Waals surface area contributed by atoms with Crippen LogP contribution in [0.4, 0.5) is 5.69 Å². The number of carbonyl (C=O) groups excluding carboxylic acids is 1. The van der Waals surface area contributed by atoms with E-state index in [4.69, 9.17) is 11.6 Å². The van der Waals surface area contributed by atoms with Crippen LogP contribution in [0.15, 0.2) is 23.3 Å². The number of rotatable bonds is 4. The average molecular weight is 254 g/mol. The molecule has 92 valence electrons. The van der Waals surface area contributed by atoms with Crippen LogP contribution < -0.4 is 10.7 Å². The lowest BCUT2D eigenvalue weighted by molar-refractivity contribution is -0.115. The number of nitrogens with zero attached hydrogens (tertiary/aromatic N) is 1. The highest BCUT2D eigenvalue weighted by atomic mass is 35.5. The summed E-state index contributed by atoms with van der Waals surface area (Å²) in [5, 5.41) is 7.38. The van der Waals surface area contributed by atoms with Gasteiger partial charge in [0.15, 0.2) is 0 Å². The molecule has 0 spiro atoms. The molecule has 1 aromatic rings. The molecule has 1 amide bonds. The molecule has 4 nitrogen and oxygen atoms in total. The molecule has 0 aliphatic carbocycles. The van der Waals surface area contributed by atoms with Crippen molar-refractivity contribution in [1.29, 1.82) is 0 Å². The third kappa shape index (κ3) is 4.07. The maximum atomic E-state index is 11.7. The number of amides is 1. The van der Waals surface area contributed by atoms with Crippen LogP contribution in [-0.4, -0.2) is 18.7 Å². The largest absolute Gasteiger partial charge is 0.325 e. The van der Waals surface area contributed by atoms with Gasteiger partial charge in [0.25, 0.3) is 0 Å². The number of benzene rings is 1. The van der Waals surface area contributed by atoms with Gasteiger partial charge in [-0.15, -0.1) is 0 Å². The Balaban J connectivity index is 2.69. The summed E-state index contributed by atoms with van der Waals surface area (Å²) in [5.74, 6) is -0.105. The number of carbonyl (C=O) groups is 1. The smallest absolute Gasteiger partial charge is 0.230 e. The Morgan fingerprint density at radius 1 is 1.47 bits per heavy atom. The third-order valence-electron chi connectivity index (χ3n) is 2.26. The van der Waals surface area contributed by atoms with Gasteiger partial charge < -0.3 is 10.7 Å². The molecule has 0 heterocycles. The molecule has 0 aromatic heterocycles. The second-order valence-electron chi connectivity index (χ2n) is 3.71. The first-order valence-electron chi connectivity index (χ1n) is 5.29. The maximum Gasteiger partial charge on any atom is 0.230 e. The molecule has 0 atom stereocenters. The Hall–Kier alpha value is -1.55. The topological polar surface area (TPSA) is 53.5 Å². The van der Waals surface area contributed by atoms with Gasteiger partial charge >= 0.3 is 0 Å². The zero-order chi connectivity index (χ0) is 12.8. The van der Waals surface area contributed by atoms with Gasteiger partial charge in [0.2, 0.25) is 5.91 Å². The van der Waals surface area contributed by atoms with Crippen LogP contribution in [0.1, 0.15) is 18.9 Å². The summed E-state index contributed by atoms with van der Waals surface area (Å²) in [6, 6.07) is 5.42. The van der Waals surface area contributed by atoms with Gasteiger partial charge in [0, 0.05) is 23.5 Å². The molecule has 5 heteroatoms. The molecule has 0 unspecified atom stereocenters. The molecular formula is C12H16ClN3O. The van der Waals surface area contributed by atoms with Crippen molar-refractivity contribution in [3.63, 3.8) is 0 Å². The highest BCUT2D eigenvalue weighted by Gasteiger charge is 2.07. The van der Waals surface area contributed by atoms with Crippen LogP contribution in [0.2, 0.25) is 5.02 Å². The van der Waals surface area contributed by atoms with Gasteiger partial charge in [0.05, 0.1) is 6.42 Å². The fourth-order valence-electron chi connectivity index (χ4n) is 1.40. The first-order chi connectivity index (χ1) is 8.04. The molecule has 0 aliphatic rings. The van der Waals surface area contributed by atoms with Gasteiger partial charge in [-0.1, -0.05) is 17.7 Å². The van der Waals surface area contributed by atoms with Crippen LogP contribution >= 0.6 is 11.6 Å².